The van der Waals surface area contributed by atoms with Gasteiger partial charge < -0.3 is 18.9 Å². The minimum atomic E-state index is -3.75. The van der Waals surface area contributed by atoms with Gasteiger partial charge in [-0.3, -0.25) is 9.59 Å². The van der Waals surface area contributed by atoms with E-state index in [1.54, 1.807) is 32.0 Å². The zero-order valence-electron chi connectivity index (χ0n) is 14.7. The van der Waals surface area contributed by atoms with Gasteiger partial charge in [-0.25, -0.2) is 8.42 Å². The van der Waals surface area contributed by atoms with E-state index in [1.807, 2.05) is 0 Å². The first-order valence-corrected chi connectivity index (χ1v) is 10.2. The van der Waals surface area contributed by atoms with Gasteiger partial charge in [0.1, 0.15) is 0 Å². The second-order valence-corrected chi connectivity index (χ2v) is 8.32. The summed E-state index contributed by atoms with van der Waals surface area (Å²) in [6, 6.07) is 4.83. The normalized spacial score (nSPS) is 22.6. The van der Waals surface area contributed by atoms with Gasteiger partial charge in [-0.05, 0) is 31.5 Å². The Morgan fingerprint density at radius 2 is 1.69 bits per heavy atom. The number of carbonyl (C=O) groups excluding carboxylic acids is 2. The number of hydrogen-bond donors (Lipinski definition) is 0. The third-order valence-corrected chi connectivity index (χ3v) is 6.14. The fraction of sp³-hybridized carbons (Fsp3) is 0.529. The van der Waals surface area contributed by atoms with Crippen molar-refractivity contribution in [3.05, 3.63) is 23.8 Å². The fourth-order valence-electron chi connectivity index (χ4n) is 3.56. The number of sulfone groups is 1. The van der Waals surface area contributed by atoms with Gasteiger partial charge in [0.15, 0.2) is 26.8 Å². The van der Waals surface area contributed by atoms with Gasteiger partial charge in [0, 0.05) is 12.2 Å². The molecular weight excluding hydrogens is 364 g/mol. The molecule has 1 saturated carbocycles. The van der Waals surface area contributed by atoms with E-state index >= 15 is 0 Å². The third-order valence-electron chi connectivity index (χ3n) is 4.58. The topological polar surface area (TPSA) is 105 Å². The van der Waals surface area contributed by atoms with E-state index in [2.05, 4.69) is 0 Å². The lowest BCUT2D eigenvalue weighted by molar-refractivity contribution is -0.164. The molecule has 0 bridgehead atoms. The number of carbonyl (C=O) groups is 2. The average molecular weight is 384 g/mol. The lowest BCUT2D eigenvalue weighted by Crippen LogP contribution is -2.35. The monoisotopic (exact) mass is 384 g/mol. The summed E-state index contributed by atoms with van der Waals surface area (Å²) in [6.07, 6.45) is 0.998. The van der Waals surface area contributed by atoms with Gasteiger partial charge in [0.25, 0.3) is 0 Å². The number of rotatable bonds is 6. The van der Waals surface area contributed by atoms with Crippen LogP contribution in [-0.2, 0) is 28.9 Å². The molecule has 2 aliphatic rings. The SMILES string of the molecule is CCOC(=O)C1(C(=O)OCC)[C@H](S(C)(=O)=O)[C@@H]1c1ccc2c(c1)OCO2. The first kappa shape index (κ1) is 18.5. The number of ether oxygens (including phenoxy) is 4. The van der Waals surface area contributed by atoms with Crippen LogP contribution in [-0.4, -0.2) is 51.9 Å². The Morgan fingerprint density at radius 3 is 2.23 bits per heavy atom. The number of benzene rings is 1. The molecule has 8 nitrogen and oxygen atoms in total. The standard InChI is InChI=1S/C17H20O8S/c1-4-22-15(18)17(16(19)23-5-2)13(14(17)26(3,20)21)10-6-7-11-12(8-10)25-9-24-11/h6-8,13-14H,4-5,9H2,1-3H3/t13-,14+/m0/s1. The Labute approximate surface area is 151 Å². The predicted octanol–water partition coefficient (Wildman–Crippen LogP) is 1.04. The first-order chi connectivity index (χ1) is 12.3. The van der Waals surface area contributed by atoms with Gasteiger partial charge in [0.2, 0.25) is 6.79 Å². The van der Waals surface area contributed by atoms with Crippen LogP contribution in [0.5, 0.6) is 11.5 Å². The van der Waals surface area contributed by atoms with Crippen molar-refractivity contribution in [1.29, 1.82) is 0 Å². The molecule has 1 aromatic carbocycles. The molecule has 1 heterocycles. The van der Waals surface area contributed by atoms with Crippen molar-refractivity contribution in [2.24, 2.45) is 5.41 Å². The Kier molecular flexibility index (Phi) is 4.60. The summed E-state index contributed by atoms with van der Waals surface area (Å²) in [5.74, 6) is -1.75. The molecule has 1 aliphatic carbocycles. The van der Waals surface area contributed by atoms with Crippen molar-refractivity contribution in [3.8, 4) is 11.5 Å². The second-order valence-electron chi connectivity index (χ2n) is 6.15. The Balaban J connectivity index is 2.11. The summed E-state index contributed by atoms with van der Waals surface area (Å²) in [4.78, 5) is 25.3. The largest absolute Gasteiger partial charge is 0.465 e. The maximum atomic E-state index is 12.7. The molecule has 2 atom stereocenters. The first-order valence-electron chi connectivity index (χ1n) is 8.21. The fourth-order valence-corrected chi connectivity index (χ4v) is 5.36. The molecule has 0 aromatic heterocycles. The summed E-state index contributed by atoms with van der Waals surface area (Å²) in [5.41, 5.74) is -1.43. The summed E-state index contributed by atoms with van der Waals surface area (Å²) in [5, 5.41) is -1.26. The highest BCUT2D eigenvalue weighted by Crippen LogP contribution is 2.64. The second kappa shape index (κ2) is 6.46. The molecule has 1 fully saturated rings. The van der Waals surface area contributed by atoms with Crippen LogP contribution in [0.25, 0.3) is 0 Å². The number of fused-ring (bicyclic) bond motifs is 1. The predicted molar refractivity (Wildman–Crippen MR) is 89.6 cm³/mol. The minimum absolute atomic E-state index is 0.0182. The highest BCUT2D eigenvalue weighted by atomic mass is 32.2. The summed E-state index contributed by atoms with van der Waals surface area (Å²) < 4.78 is 45.4. The van der Waals surface area contributed by atoms with E-state index in [4.69, 9.17) is 18.9 Å². The molecule has 1 aliphatic heterocycles. The minimum Gasteiger partial charge on any atom is -0.465 e. The van der Waals surface area contributed by atoms with Crippen molar-refractivity contribution in [1.82, 2.24) is 0 Å². The molecule has 9 heteroatoms. The van der Waals surface area contributed by atoms with E-state index in [-0.39, 0.29) is 20.0 Å². The van der Waals surface area contributed by atoms with Crippen molar-refractivity contribution < 1.29 is 37.0 Å². The van der Waals surface area contributed by atoms with Gasteiger partial charge in [-0.2, -0.15) is 0 Å². The van der Waals surface area contributed by atoms with Gasteiger partial charge >= 0.3 is 11.9 Å². The Hall–Kier alpha value is -2.29. The van der Waals surface area contributed by atoms with Crippen LogP contribution in [0.15, 0.2) is 18.2 Å². The van der Waals surface area contributed by atoms with Crippen LogP contribution in [0.4, 0.5) is 0 Å². The Morgan fingerprint density at radius 1 is 1.12 bits per heavy atom. The molecule has 0 spiro atoms. The van der Waals surface area contributed by atoms with Crippen LogP contribution in [0.2, 0.25) is 0 Å². The molecule has 0 saturated heterocycles. The summed E-state index contributed by atoms with van der Waals surface area (Å²) >= 11 is 0. The molecule has 0 N–H and O–H groups in total. The number of esters is 2. The van der Waals surface area contributed by atoms with Crippen molar-refractivity contribution in [2.45, 2.75) is 25.0 Å². The van der Waals surface area contributed by atoms with E-state index in [0.717, 1.165) is 6.26 Å². The molecule has 142 valence electrons. The number of hydrogen-bond acceptors (Lipinski definition) is 8. The molecule has 0 radical (unpaired) electrons. The van der Waals surface area contributed by atoms with Crippen LogP contribution >= 0.6 is 0 Å². The van der Waals surface area contributed by atoms with E-state index in [0.29, 0.717) is 17.1 Å². The van der Waals surface area contributed by atoms with Crippen LogP contribution in [0.3, 0.4) is 0 Å². The summed E-state index contributed by atoms with van der Waals surface area (Å²) in [6.45, 7) is 3.27. The smallest absolute Gasteiger partial charge is 0.325 e. The summed E-state index contributed by atoms with van der Waals surface area (Å²) in [7, 11) is -3.75. The lowest BCUT2D eigenvalue weighted by atomic mass is 9.98. The zero-order chi connectivity index (χ0) is 19.1. The van der Waals surface area contributed by atoms with Crippen LogP contribution < -0.4 is 9.47 Å². The lowest BCUT2D eigenvalue weighted by Gasteiger charge is -2.15. The highest BCUT2D eigenvalue weighted by Gasteiger charge is 2.81. The Bertz CT molecular complexity index is 826. The molecule has 1 aromatic rings. The maximum Gasteiger partial charge on any atom is 0.325 e. The van der Waals surface area contributed by atoms with E-state index in [9.17, 15) is 18.0 Å². The van der Waals surface area contributed by atoms with E-state index < -0.39 is 38.4 Å². The van der Waals surface area contributed by atoms with Crippen LogP contribution in [0.1, 0.15) is 25.3 Å². The van der Waals surface area contributed by atoms with Gasteiger partial charge in [-0.15, -0.1) is 0 Å². The molecule has 0 amide bonds. The van der Waals surface area contributed by atoms with Crippen molar-refractivity contribution >= 4 is 21.8 Å². The molecule has 0 unspecified atom stereocenters. The van der Waals surface area contributed by atoms with Crippen LogP contribution in [0, 0.1) is 5.41 Å². The molecular formula is C17H20O8S. The van der Waals surface area contributed by atoms with Crippen molar-refractivity contribution in [3.63, 3.8) is 0 Å². The quantitative estimate of drug-likeness (QED) is 0.529. The molecule has 3 rings (SSSR count). The third kappa shape index (κ3) is 2.70. The maximum absolute atomic E-state index is 12.7. The van der Waals surface area contributed by atoms with Crippen molar-refractivity contribution in [2.75, 3.05) is 26.3 Å². The van der Waals surface area contributed by atoms with Gasteiger partial charge in [0.05, 0.1) is 18.5 Å². The van der Waals surface area contributed by atoms with E-state index in [1.165, 1.54) is 0 Å². The van der Waals surface area contributed by atoms with Gasteiger partial charge in [-0.1, -0.05) is 6.07 Å². The zero-order valence-corrected chi connectivity index (χ0v) is 15.5. The average Bonchev–Trinajstić information content (AvgIpc) is 3.10. The highest BCUT2D eigenvalue weighted by molar-refractivity contribution is 7.91. The molecule has 26 heavy (non-hydrogen) atoms.